The second-order valence-electron chi connectivity index (χ2n) is 6.04. The maximum atomic E-state index is 12.5. The van der Waals surface area contributed by atoms with Crippen LogP contribution in [0, 0.1) is 16.0 Å². The van der Waals surface area contributed by atoms with Crippen molar-refractivity contribution in [2.75, 3.05) is 31.1 Å². The first-order valence-corrected chi connectivity index (χ1v) is 8.09. The summed E-state index contributed by atoms with van der Waals surface area (Å²) in [6, 6.07) is 6.80. The van der Waals surface area contributed by atoms with E-state index in [1.807, 2.05) is 15.9 Å². The molecule has 1 aliphatic heterocycles. The molecule has 1 amide bonds. The monoisotopic (exact) mass is 315 g/mol. The van der Waals surface area contributed by atoms with Crippen molar-refractivity contribution in [1.82, 2.24) is 4.90 Å². The van der Waals surface area contributed by atoms with Crippen molar-refractivity contribution in [1.29, 1.82) is 0 Å². The van der Waals surface area contributed by atoms with Crippen molar-refractivity contribution in [3.63, 3.8) is 0 Å². The van der Waals surface area contributed by atoms with E-state index < -0.39 is 0 Å². The van der Waals surface area contributed by atoms with E-state index in [0.717, 1.165) is 19.3 Å². The van der Waals surface area contributed by atoms with Gasteiger partial charge in [0, 0.05) is 38.2 Å². The molecule has 2 aliphatic rings. The summed E-state index contributed by atoms with van der Waals surface area (Å²) in [5.41, 5.74) is 0.773. The Morgan fingerprint density at radius 2 is 1.87 bits per heavy atom. The first-order chi connectivity index (χ1) is 11.2. The van der Waals surface area contributed by atoms with Crippen LogP contribution in [0.2, 0.25) is 0 Å². The van der Waals surface area contributed by atoms with Gasteiger partial charge in [-0.15, -0.1) is 0 Å². The fraction of sp³-hybridized carbons (Fsp3) is 0.471. The molecule has 6 nitrogen and oxygen atoms in total. The number of piperazine rings is 1. The van der Waals surface area contributed by atoms with Crippen LogP contribution in [0.5, 0.6) is 0 Å². The molecule has 1 aliphatic carbocycles. The third-order valence-electron chi connectivity index (χ3n) is 4.63. The molecule has 1 atom stereocenters. The molecular formula is C17H21N3O3. The van der Waals surface area contributed by atoms with Crippen LogP contribution in [0.4, 0.5) is 11.4 Å². The van der Waals surface area contributed by atoms with E-state index in [1.165, 1.54) is 6.07 Å². The molecular weight excluding hydrogens is 294 g/mol. The van der Waals surface area contributed by atoms with Crippen LogP contribution >= 0.6 is 0 Å². The first kappa shape index (κ1) is 15.5. The molecule has 1 heterocycles. The van der Waals surface area contributed by atoms with E-state index in [1.54, 1.807) is 12.1 Å². The molecule has 0 bridgehead atoms. The summed E-state index contributed by atoms with van der Waals surface area (Å²) in [5.74, 6) is 0.342. The summed E-state index contributed by atoms with van der Waals surface area (Å²) in [6.45, 7) is 2.54. The predicted molar refractivity (Wildman–Crippen MR) is 88.4 cm³/mol. The van der Waals surface area contributed by atoms with Crippen molar-refractivity contribution in [2.45, 2.75) is 19.3 Å². The lowest BCUT2D eigenvalue weighted by Crippen LogP contribution is -2.50. The Balaban J connectivity index is 1.63. The predicted octanol–water partition coefficient (Wildman–Crippen LogP) is 2.60. The highest BCUT2D eigenvalue weighted by Gasteiger charge is 2.29. The van der Waals surface area contributed by atoms with E-state index in [0.29, 0.717) is 31.9 Å². The number of para-hydroxylation sites is 2. The van der Waals surface area contributed by atoms with Gasteiger partial charge < -0.3 is 9.80 Å². The molecule has 0 saturated carbocycles. The topological polar surface area (TPSA) is 66.7 Å². The molecule has 0 aromatic heterocycles. The lowest BCUT2D eigenvalue weighted by molar-refractivity contribution is -0.384. The lowest BCUT2D eigenvalue weighted by Gasteiger charge is -2.37. The number of amides is 1. The molecule has 1 unspecified atom stereocenters. The van der Waals surface area contributed by atoms with Gasteiger partial charge >= 0.3 is 0 Å². The van der Waals surface area contributed by atoms with Crippen LogP contribution < -0.4 is 4.90 Å². The van der Waals surface area contributed by atoms with Gasteiger partial charge in [0.05, 0.1) is 4.92 Å². The van der Waals surface area contributed by atoms with Crippen LogP contribution in [0.25, 0.3) is 0 Å². The number of carbonyl (C=O) groups excluding carboxylic acids is 1. The first-order valence-electron chi connectivity index (χ1n) is 8.09. The van der Waals surface area contributed by atoms with Gasteiger partial charge in [0.2, 0.25) is 5.91 Å². The van der Waals surface area contributed by atoms with E-state index in [9.17, 15) is 14.9 Å². The maximum Gasteiger partial charge on any atom is 0.292 e. The summed E-state index contributed by atoms with van der Waals surface area (Å²) in [7, 11) is 0. The largest absolute Gasteiger partial charge is 0.362 e. The molecule has 122 valence electrons. The molecule has 1 fully saturated rings. The van der Waals surface area contributed by atoms with E-state index in [4.69, 9.17) is 0 Å². The molecule has 1 saturated heterocycles. The number of hydrogen-bond acceptors (Lipinski definition) is 4. The Bertz CT molecular complexity index is 621. The van der Waals surface area contributed by atoms with Gasteiger partial charge in [-0.1, -0.05) is 24.3 Å². The number of nitrogens with zero attached hydrogens (tertiary/aromatic N) is 3. The van der Waals surface area contributed by atoms with Crippen LogP contribution in [0.3, 0.4) is 0 Å². The summed E-state index contributed by atoms with van der Waals surface area (Å²) in [6.07, 6.45) is 6.97. The highest BCUT2D eigenvalue weighted by atomic mass is 16.6. The van der Waals surface area contributed by atoms with Gasteiger partial charge in [0.25, 0.3) is 5.69 Å². The molecule has 6 heteroatoms. The number of hydrogen-bond donors (Lipinski definition) is 0. The highest BCUT2D eigenvalue weighted by molar-refractivity contribution is 5.79. The quantitative estimate of drug-likeness (QED) is 0.488. The second kappa shape index (κ2) is 6.81. The fourth-order valence-electron chi connectivity index (χ4n) is 3.33. The van der Waals surface area contributed by atoms with Gasteiger partial charge in [-0.3, -0.25) is 14.9 Å². The van der Waals surface area contributed by atoms with E-state index in [-0.39, 0.29) is 22.4 Å². The maximum absolute atomic E-state index is 12.5. The number of allylic oxidation sites excluding steroid dienone is 2. The number of nitro groups is 1. The summed E-state index contributed by atoms with van der Waals surface area (Å²) >= 11 is 0. The Morgan fingerprint density at radius 1 is 1.13 bits per heavy atom. The lowest BCUT2D eigenvalue weighted by atomic mass is 9.93. The van der Waals surface area contributed by atoms with Crippen LogP contribution in [0.15, 0.2) is 36.4 Å². The molecule has 0 N–H and O–H groups in total. The average Bonchev–Trinajstić information content (AvgIpc) is 2.62. The summed E-state index contributed by atoms with van der Waals surface area (Å²) in [5, 5.41) is 11.2. The minimum absolute atomic E-state index is 0.109. The fourth-order valence-corrected chi connectivity index (χ4v) is 3.33. The van der Waals surface area contributed by atoms with Crippen molar-refractivity contribution in [3.05, 3.63) is 46.5 Å². The van der Waals surface area contributed by atoms with Crippen LogP contribution in [-0.2, 0) is 4.79 Å². The minimum Gasteiger partial charge on any atom is -0.362 e. The van der Waals surface area contributed by atoms with Gasteiger partial charge in [0.1, 0.15) is 5.69 Å². The molecule has 0 radical (unpaired) electrons. The van der Waals surface area contributed by atoms with Crippen molar-refractivity contribution < 1.29 is 9.72 Å². The zero-order valence-corrected chi connectivity index (χ0v) is 13.1. The summed E-state index contributed by atoms with van der Waals surface area (Å²) in [4.78, 5) is 27.3. The number of carbonyl (C=O) groups is 1. The smallest absolute Gasteiger partial charge is 0.292 e. The third-order valence-corrected chi connectivity index (χ3v) is 4.63. The number of rotatable bonds is 3. The minimum atomic E-state index is -0.346. The van der Waals surface area contributed by atoms with Crippen LogP contribution in [0.1, 0.15) is 19.3 Å². The Hall–Kier alpha value is -2.37. The average molecular weight is 315 g/mol. The second-order valence-corrected chi connectivity index (χ2v) is 6.04. The number of benzene rings is 1. The zero-order valence-electron chi connectivity index (χ0n) is 13.1. The Labute approximate surface area is 135 Å². The van der Waals surface area contributed by atoms with Crippen LogP contribution in [-0.4, -0.2) is 41.9 Å². The third kappa shape index (κ3) is 3.36. The normalized spacial score (nSPS) is 21.3. The van der Waals surface area contributed by atoms with Gasteiger partial charge in [-0.05, 0) is 25.3 Å². The molecule has 3 rings (SSSR count). The van der Waals surface area contributed by atoms with E-state index >= 15 is 0 Å². The van der Waals surface area contributed by atoms with Crippen molar-refractivity contribution in [2.24, 2.45) is 5.92 Å². The molecule has 0 spiro atoms. The van der Waals surface area contributed by atoms with Gasteiger partial charge in [-0.2, -0.15) is 0 Å². The number of nitro benzene ring substituents is 1. The SMILES string of the molecule is O=C(C1CC=CCC1)N1CCN(c2ccccc2[N+](=O)[O-])CC1. The molecule has 1 aromatic carbocycles. The van der Waals surface area contributed by atoms with Crippen molar-refractivity contribution in [3.8, 4) is 0 Å². The standard InChI is InChI=1S/C17H21N3O3/c21-17(14-6-2-1-3-7-14)19-12-10-18(11-13-19)15-8-4-5-9-16(15)20(22)23/h1-2,4-5,8-9,14H,3,6-7,10-13H2. The van der Waals surface area contributed by atoms with E-state index in [2.05, 4.69) is 12.2 Å². The Morgan fingerprint density at radius 3 is 2.52 bits per heavy atom. The van der Waals surface area contributed by atoms with Gasteiger partial charge in [0.15, 0.2) is 0 Å². The van der Waals surface area contributed by atoms with Crippen molar-refractivity contribution >= 4 is 17.3 Å². The summed E-state index contributed by atoms with van der Waals surface area (Å²) < 4.78 is 0. The molecule has 1 aromatic rings. The highest BCUT2D eigenvalue weighted by Crippen LogP contribution is 2.29. The zero-order chi connectivity index (χ0) is 16.2. The molecule has 23 heavy (non-hydrogen) atoms. The Kier molecular flexibility index (Phi) is 4.60. The number of anilines is 1. The van der Waals surface area contributed by atoms with Gasteiger partial charge in [-0.25, -0.2) is 0 Å².